The van der Waals surface area contributed by atoms with Crippen LogP contribution in [0.3, 0.4) is 0 Å². The maximum atomic E-state index is 12.4. The van der Waals surface area contributed by atoms with Gasteiger partial charge in [0.2, 0.25) is 0 Å². The fourth-order valence-corrected chi connectivity index (χ4v) is 5.61. The summed E-state index contributed by atoms with van der Waals surface area (Å²) in [5, 5.41) is 31.1. The van der Waals surface area contributed by atoms with E-state index in [1.165, 1.54) is 0 Å². The van der Waals surface area contributed by atoms with Crippen LogP contribution in [0.1, 0.15) is 34.1 Å². The number of carbonyl (C=O) groups is 1. The largest absolute Gasteiger partial charge is 0.390 e. The lowest BCUT2D eigenvalue weighted by Gasteiger charge is -2.68. The number of aliphatic hydroxyl groups is 3. The first-order valence-corrected chi connectivity index (χ1v) is 7.22. The number of fused-ring (bicyclic) bond motifs is 2. The molecule has 3 N–H and O–H groups in total. The zero-order chi connectivity index (χ0) is 14.3. The topological polar surface area (TPSA) is 77.8 Å². The highest BCUT2D eigenvalue weighted by molar-refractivity contribution is 5.86. The summed E-state index contributed by atoms with van der Waals surface area (Å²) in [4.78, 5) is 12.4. The van der Waals surface area contributed by atoms with Crippen LogP contribution in [-0.4, -0.2) is 39.4 Å². The highest BCUT2D eigenvalue weighted by atomic mass is 16.4. The molecule has 8 atom stereocenters. The minimum Gasteiger partial charge on any atom is -0.390 e. The van der Waals surface area contributed by atoms with Crippen molar-refractivity contribution in [3.8, 4) is 0 Å². The maximum Gasteiger partial charge on any atom is 0.137 e. The average Bonchev–Trinajstić information content (AvgIpc) is 2.36. The Morgan fingerprint density at radius 3 is 2.16 bits per heavy atom. The van der Waals surface area contributed by atoms with Gasteiger partial charge in [0.15, 0.2) is 0 Å². The first kappa shape index (κ1) is 13.5. The first-order valence-electron chi connectivity index (χ1n) is 7.22. The number of rotatable bonds is 0. The maximum absolute atomic E-state index is 12.4. The van der Waals surface area contributed by atoms with Crippen LogP contribution in [0, 0.1) is 34.5 Å². The van der Waals surface area contributed by atoms with Crippen molar-refractivity contribution in [2.45, 2.75) is 52.4 Å². The molecule has 108 valence electrons. The third kappa shape index (κ3) is 1.28. The summed E-state index contributed by atoms with van der Waals surface area (Å²) >= 11 is 0. The molecule has 4 aliphatic rings. The predicted octanol–water partition coefficient (Wildman–Crippen LogP) is 0.586. The Balaban J connectivity index is 2.16. The van der Waals surface area contributed by atoms with Gasteiger partial charge in [0.05, 0.1) is 12.2 Å². The number of aliphatic hydroxyl groups excluding tert-OH is 3. The summed E-state index contributed by atoms with van der Waals surface area (Å²) in [6, 6.07) is 0. The molecule has 0 aromatic carbocycles. The van der Waals surface area contributed by atoms with E-state index in [4.69, 9.17) is 0 Å². The van der Waals surface area contributed by atoms with E-state index in [9.17, 15) is 20.1 Å². The van der Waals surface area contributed by atoms with Gasteiger partial charge < -0.3 is 15.3 Å². The Hall–Kier alpha value is -0.450. The van der Waals surface area contributed by atoms with E-state index in [1.54, 1.807) is 0 Å². The van der Waals surface area contributed by atoms with Gasteiger partial charge in [-0.15, -0.1) is 0 Å². The Labute approximate surface area is 113 Å². The molecule has 0 unspecified atom stereocenters. The fraction of sp³-hybridized carbons (Fsp3) is 0.933. The summed E-state index contributed by atoms with van der Waals surface area (Å²) in [6.07, 6.45) is -2.62. The van der Waals surface area contributed by atoms with Gasteiger partial charge in [-0.2, -0.15) is 0 Å². The standard InChI is InChI=1S/C15H24O4/c1-6-5-7(16)9-10-8(6)15(9,4)13(19)11(17)12(18)14(10,2)3/h6,8-13,17-19H,5H2,1-4H3/t6-,8+,9-,10+,11-,12-,13-,15-/m1/s1. The predicted molar refractivity (Wildman–Crippen MR) is 69.2 cm³/mol. The number of carbonyl (C=O) groups excluding carboxylic acids is 1. The molecule has 4 heteroatoms. The van der Waals surface area contributed by atoms with E-state index >= 15 is 0 Å². The quantitative estimate of drug-likeness (QED) is 0.601. The number of hydrogen-bond acceptors (Lipinski definition) is 4. The Kier molecular flexibility index (Phi) is 2.56. The molecule has 0 aliphatic heterocycles. The summed E-state index contributed by atoms with van der Waals surface area (Å²) in [6.45, 7) is 7.79. The second kappa shape index (κ2) is 3.60. The number of ketones is 1. The van der Waals surface area contributed by atoms with Crippen LogP contribution in [0.4, 0.5) is 0 Å². The molecule has 0 spiro atoms. The molecule has 4 saturated carbocycles. The summed E-state index contributed by atoms with van der Waals surface area (Å²) in [5.41, 5.74) is -1.12. The molecule has 19 heavy (non-hydrogen) atoms. The zero-order valence-corrected chi connectivity index (χ0v) is 12.0. The molecule has 4 rings (SSSR count). The van der Waals surface area contributed by atoms with Gasteiger partial charge in [-0.25, -0.2) is 0 Å². The van der Waals surface area contributed by atoms with E-state index in [2.05, 4.69) is 6.92 Å². The molecule has 0 amide bonds. The van der Waals surface area contributed by atoms with Gasteiger partial charge in [0.25, 0.3) is 0 Å². The molecular weight excluding hydrogens is 244 g/mol. The van der Waals surface area contributed by atoms with Crippen molar-refractivity contribution in [3.05, 3.63) is 0 Å². The summed E-state index contributed by atoms with van der Waals surface area (Å²) < 4.78 is 0. The third-order valence-electron chi connectivity index (χ3n) is 6.52. The third-order valence-corrected chi connectivity index (χ3v) is 6.52. The van der Waals surface area contributed by atoms with Gasteiger partial charge in [-0.1, -0.05) is 27.7 Å². The SMILES string of the molecule is C[C@@H]1CC(=O)[C@@H]2[C@@H]3[C@H]1[C@@]2(C)[C@H](O)[C@H](O)[C@@H](O)C3(C)C. The van der Waals surface area contributed by atoms with Crippen molar-refractivity contribution >= 4 is 5.78 Å². The molecule has 0 aromatic rings. The Morgan fingerprint density at radius 1 is 1.05 bits per heavy atom. The van der Waals surface area contributed by atoms with Crippen LogP contribution in [0.2, 0.25) is 0 Å². The lowest BCUT2D eigenvalue weighted by atomic mass is 9.35. The molecule has 0 aromatic heterocycles. The van der Waals surface area contributed by atoms with Crippen molar-refractivity contribution in [2.24, 2.45) is 34.5 Å². The van der Waals surface area contributed by atoms with Crippen molar-refractivity contribution < 1.29 is 20.1 Å². The Bertz CT molecular complexity index is 432. The van der Waals surface area contributed by atoms with E-state index in [-0.39, 0.29) is 29.5 Å². The molecule has 4 aliphatic carbocycles. The molecule has 4 bridgehead atoms. The lowest BCUT2D eigenvalue weighted by molar-refractivity contribution is -0.235. The monoisotopic (exact) mass is 268 g/mol. The number of hydrogen-bond donors (Lipinski definition) is 3. The Morgan fingerprint density at radius 2 is 1.63 bits per heavy atom. The minimum absolute atomic E-state index is 0.0653. The second-order valence-corrected chi connectivity index (χ2v) is 7.74. The highest BCUT2D eigenvalue weighted by Crippen LogP contribution is 2.72. The van der Waals surface area contributed by atoms with Crippen LogP contribution in [0.5, 0.6) is 0 Å². The summed E-state index contributed by atoms with van der Waals surface area (Å²) in [5.74, 6) is 0.447. The van der Waals surface area contributed by atoms with Gasteiger partial charge >= 0.3 is 0 Å². The lowest BCUT2D eigenvalue weighted by Crippen LogP contribution is -2.70. The fourth-order valence-electron chi connectivity index (χ4n) is 5.61. The summed E-state index contributed by atoms with van der Waals surface area (Å²) in [7, 11) is 0. The van der Waals surface area contributed by atoms with E-state index < -0.39 is 29.1 Å². The molecule has 0 radical (unpaired) electrons. The van der Waals surface area contributed by atoms with Crippen molar-refractivity contribution in [3.63, 3.8) is 0 Å². The van der Waals surface area contributed by atoms with Crippen LogP contribution >= 0.6 is 0 Å². The van der Waals surface area contributed by atoms with E-state index in [0.717, 1.165) is 0 Å². The van der Waals surface area contributed by atoms with Gasteiger partial charge in [0, 0.05) is 17.8 Å². The molecule has 4 nitrogen and oxygen atoms in total. The first-order chi connectivity index (χ1) is 8.65. The van der Waals surface area contributed by atoms with Crippen LogP contribution in [0.25, 0.3) is 0 Å². The molecule has 0 saturated heterocycles. The highest BCUT2D eigenvalue weighted by Gasteiger charge is 2.75. The second-order valence-electron chi connectivity index (χ2n) is 7.74. The van der Waals surface area contributed by atoms with E-state index in [0.29, 0.717) is 6.42 Å². The zero-order valence-electron chi connectivity index (χ0n) is 12.0. The number of Topliss-reactive ketones (excluding diaryl/α,β-unsaturated/α-hetero) is 1. The van der Waals surface area contributed by atoms with Crippen LogP contribution in [-0.2, 0) is 4.79 Å². The van der Waals surface area contributed by atoms with Gasteiger partial charge in [-0.3, -0.25) is 4.79 Å². The van der Waals surface area contributed by atoms with E-state index in [1.807, 2.05) is 20.8 Å². The molecular formula is C15H24O4. The van der Waals surface area contributed by atoms with Crippen molar-refractivity contribution in [1.29, 1.82) is 0 Å². The van der Waals surface area contributed by atoms with Gasteiger partial charge in [0.1, 0.15) is 11.9 Å². The molecule has 4 fully saturated rings. The van der Waals surface area contributed by atoms with Crippen LogP contribution in [0.15, 0.2) is 0 Å². The average molecular weight is 268 g/mol. The normalized spacial score (nSPS) is 59.3. The minimum atomic E-state index is -1.17. The van der Waals surface area contributed by atoms with Gasteiger partial charge in [-0.05, 0) is 23.2 Å². The van der Waals surface area contributed by atoms with Crippen molar-refractivity contribution in [2.75, 3.05) is 0 Å². The molecule has 0 heterocycles. The van der Waals surface area contributed by atoms with Crippen LogP contribution < -0.4 is 0 Å². The van der Waals surface area contributed by atoms with Crippen molar-refractivity contribution in [1.82, 2.24) is 0 Å². The smallest absolute Gasteiger partial charge is 0.137 e.